The molecule has 140 valence electrons. The van der Waals surface area contributed by atoms with E-state index < -0.39 is 0 Å². The summed E-state index contributed by atoms with van der Waals surface area (Å²) in [6.07, 6.45) is 3.62. The molecule has 0 bridgehead atoms. The molecule has 0 amide bonds. The number of ether oxygens (including phenoxy) is 1. The molecule has 2 N–H and O–H groups in total. The molecule has 1 aliphatic rings. The lowest BCUT2D eigenvalue weighted by atomic mass is 10.1. The molecule has 0 saturated carbocycles. The maximum Gasteiger partial charge on any atom is 0.191 e. The average Bonchev–Trinajstić information content (AvgIpc) is 2.64. The maximum atomic E-state index is 5.71. The van der Waals surface area contributed by atoms with E-state index >= 15 is 0 Å². The van der Waals surface area contributed by atoms with Gasteiger partial charge < -0.3 is 20.3 Å². The molecule has 1 saturated heterocycles. The van der Waals surface area contributed by atoms with Crippen molar-refractivity contribution in [3.8, 4) is 0 Å². The molecule has 0 unspecified atom stereocenters. The van der Waals surface area contributed by atoms with E-state index in [1.165, 1.54) is 44.5 Å². The number of rotatable bonds is 9. The number of likely N-dealkylation sites (tertiary alicyclic amines) is 1. The van der Waals surface area contributed by atoms with Crippen LogP contribution in [0.4, 0.5) is 0 Å². The van der Waals surface area contributed by atoms with Crippen LogP contribution in [0.1, 0.15) is 38.7 Å². The van der Waals surface area contributed by atoms with Crippen LogP contribution in [0.2, 0.25) is 0 Å². The Labute approximate surface area is 152 Å². The second-order valence-electron chi connectivity index (χ2n) is 6.56. The van der Waals surface area contributed by atoms with E-state index in [0.717, 1.165) is 12.5 Å². The highest BCUT2D eigenvalue weighted by molar-refractivity contribution is 5.80. The predicted molar refractivity (Wildman–Crippen MR) is 105 cm³/mol. The molecule has 0 radical (unpaired) electrons. The van der Waals surface area contributed by atoms with Crippen LogP contribution in [0, 0.1) is 0 Å². The minimum Gasteiger partial charge on any atom is -0.375 e. The number of aliphatic imine (C=N–C) groups is 1. The van der Waals surface area contributed by atoms with Gasteiger partial charge in [0, 0.05) is 25.7 Å². The quantitative estimate of drug-likeness (QED) is 0.410. The Bertz CT molecular complexity index is 484. The van der Waals surface area contributed by atoms with Crippen LogP contribution in [0.25, 0.3) is 0 Å². The van der Waals surface area contributed by atoms with Gasteiger partial charge in [-0.3, -0.25) is 4.99 Å². The highest BCUT2D eigenvalue weighted by atomic mass is 16.5. The van der Waals surface area contributed by atoms with E-state index in [2.05, 4.69) is 46.5 Å². The molecule has 0 atom stereocenters. The third-order valence-electron chi connectivity index (χ3n) is 4.43. The number of nitrogens with zero attached hydrogens (tertiary/aromatic N) is 2. The molecular weight excluding hydrogens is 312 g/mol. The average molecular weight is 347 g/mol. The summed E-state index contributed by atoms with van der Waals surface area (Å²) in [4.78, 5) is 7.21. The Hall–Kier alpha value is -1.59. The molecule has 1 fully saturated rings. The second kappa shape index (κ2) is 11.9. The van der Waals surface area contributed by atoms with Crippen LogP contribution < -0.4 is 10.6 Å². The third kappa shape index (κ3) is 7.88. The van der Waals surface area contributed by atoms with Crippen molar-refractivity contribution in [2.75, 3.05) is 39.3 Å². The Morgan fingerprint density at radius 3 is 2.64 bits per heavy atom. The van der Waals surface area contributed by atoms with E-state index in [-0.39, 0.29) is 0 Å². The highest BCUT2D eigenvalue weighted by Crippen LogP contribution is 2.10. The summed E-state index contributed by atoms with van der Waals surface area (Å²) in [5.74, 6) is 0.916. The van der Waals surface area contributed by atoms with E-state index in [0.29, 0.717) is 25.8 Å². The molecule has 1 aromatic carbocycles. The normalized spacial score (nSPS) is 16.8. The van der Waals surface area contributed by atoms with Crippen molar-refractivity contribution in [3.05, 3.63) is 35.9 Å². The molecule has 5 heteroatoms. The van der Waals surface area contributed by atoms with E-state index in [1.807, 2.05) is 18.2 Å². The largest absolute Gasteiger partial charge is 0.375 e. The van der Waals surface area contributed by atoms with Crippen molar-refractivity contribution in [3.63, 3.8) is 0 Å². The summed E-state index contributed by atoms with van der Waals surface area (Å²) in [5, 5.41) is 6.93. The van der Waals surface area contributed by atoms with Crippen molar-refractivity contribution in [2.24, 2.45) is 4.99 Å². The van der Waals surface area contributed by atoms with Crippen LogP contribution >= 0.6 is 0 Å². The Morgan fingerprint density at radius 2 is 1.96 bits per heavy atom. The molecule has 5 nitrogen and oxygen atoms in total. The second-order valence-corrected chi connectivity index (χ2v) is 6.56. The van der Waals surface area contributed by atoms with Gasteiger partial charge in [0.2, 0.25) is 0 Å². The minimum absolute atomic E-state index is 0.524. The fourth-order valence-corrected chi connectivity index (χ4v) is 3.12. The van der Waals surface area contributed by atoms with Crippen molar-refractivity contribution >= 4 is 5.96 Å². The molecule has 25 heavy (non-hydrogen) atoms. The van der Waals surface area contributed by atoms with Crippen molar-refractivity contribution in [2.45, 2.75) is 45.8 Å². The van der Waals surface area contributed by atoms with Gasteiger partial charge in [0.25, 0.3) is 0 Å². The lowest BCUT2D eigenvalue weighted by Gasteiger charge is -2.32. The van der Waals surface area contributed by atoms with Gasteiger partial charge in [0.15, 0.2) is 5.96 Å². The summed E-state index contributed by atoms with van der Waals surface area (Å²) in [6.45, 7) is 10.8. The van der Waals surface area contributed by atoms with Crippen LogP contribution in [0.5, 0.6) is 0 Å². The van der Waals surface area contributed by atoms with Gasteiger partial charge in [0.1, 0.15) is 0 Å². The van der Waals surface area contributed by atoms with Crippen LogP contribution in [-0.4, -0.2) is 56.2 Å². The number of nitrogens with one attached hydrogen (secondary N) is 2. The molecule has 1 heterocycles. The number of piperidine rings is 1. The van der Waals surface area contributed by atoms with Crippen LogP contribution in [0.15, 0.2) is 35.3 Å². The first-order chi connectivity index (χ1) is 12.3. The zero-order chi connectivity index (χ0) is 17.7. The summed E-state index contributed by atoms with van der Waals surface area (Å²) in [5.41, 5.74) is 1.20. The summed E-state index contributed by atoms with van der Waals surface area (Å²) < 4.78 is 5.71. The Kier molecular flexibility index (Phi) is 9.37. The van der Waals surface area contributed by atoms with Gasteiger partial charge in [-0.1, -0.05) is 37.3 Å². The fraction of sp³-hybridized carbons (Fsp3) is 0.650. The molecule has 1 aliphatic heterocycles. The van der Waals surface area contributed by atoms with Crippen LogP contribution in [-0.2, 0) is 11.3 Å². The predicted octanol–water partition coefficient (Wildman–Crippen LogP) is 2.63. The van der Waals surface area contributed by atoms with Gasteiger partial charge in [0.05, 0.1) is 19.8 Å². The van der Waals surface area contributed by atoms with Crippen molar-refractivity contribution in [1.82, 2.24) is 15.5 Å². The minimum atomic E-state index is 0.524. The first kappa shape index (κ1) is 19.7. The zero-order valence-corrected chi connectivity index (χ0v) is 15.8. The van der Waals surface area contributed by atoms with E-state index in [4.69, 9.17) is 4.74 Å². The van der Waals surface area contributed by atoms with Crippen molar-refractivity contribution < 1.29 is 4.74 Å². The number of hydrogen-bond acceptors (Lipinski definition) is 3. The standard InChI is InChI=1S/C20H34N4O/c1-3-13-24-14-10-19(11-15-24)23-20(21-4-2)22-12-16-25-17-18-8-6-5-7-9-18/h5-9,19H,3-4,10-17H2,1-2H3,(H2,21,22,23). The summed E-state index contributed by atoms with van der Waals surface area (Å²) in [6, 6.07) is 10.8. The summed E-state index contributed by atoms with van der Waals surface area (Å²) in [7, 11) is 0. The first-order valence-electron chi connectivity index (χ1n) is 9.70. The Morgan fingerprint density at radius 1 is 1.20 bits per heavy atom. The molecule has 0 spiro atoms. The van der Waals surface area contributed by atoms with E-state index in [9.17, 15) is 0 Å². The SMILES string of the molecule is CCCN1CCC(NC(=NCCOCc2ccccc2)NCC)CC1. The smallest absolute Gasteiger partial charge is 0.191 e. The van der Waals surface area contributed by atoms with Gasteiger partial charge in [-0.15, -0.1) is 0 Å². The first-order valence-corrected chi connectivity index (χ1v) is 9.70. The topological polar surface area (TPSA) is 48.9 Å². The zero-order valence-electron chi connectivity index (χ0n) is 15.8. The molecular formula is C20H34N4O. The van der Waals surface area contributed by atoms with E-state index in [1.54, 1.807) is 0 Å². The number of guanidine groups is 1. The highest BCUT2D eigenvalue weighted by Gasteiger charge is 2.19. The fourth-order valence-electron chi connectivity index (χ4n) is 3.12. The van der Waals surface area contributed by atoms with Crippen molar-refractivity contribution in [1.29, 1.82) is 0 Å². The van der Waals surface area contributed by atoms with Crippen LogP contribution in [0.3, 0.4) is 0 Å². The van der Waals surface area contributed by atoms with Gasteiger partial charge >= 0.3 is 0 Å². The lowest BCUT2D eigenvalue weighted by molar-refractivity contribution is 0.128. The Balaban J connectivity index is 1.67. The van der Waals surface area contributed by atoms with Gasteiger partial charge in [-0.2, -0.15) is 0 Å². The number of benzene rings is 1. The summed E-state index contributed by atoms with van der Waals surface area (Å²) >= 11 is 0. The molecule has 1 aromatic rings. The maximum absolute atomic E-state index is 5.71. The van der Waals surface area contributed by atoms with Gasteiger partial charge in [-0.05, 0) is 38.3 Å². The third-order valence-corrected chi connectivity index (χ3v) is 4.43. The number of hydrogen-bond donors (Lipinski definition) is 2. The lowest BCUT2D eigenvalue weighted by Crippen LogP contribution is -2.48. The molecule has 0 aliphatic carbocycles. The van der Waals surface area contributed by atoms with Gasteiger partial charge in [-0.25, -0.2) is 0 Å². The monoisotopic (exact) mass is 346 g/mol. The molecule has 0 aromatic heterocycles. The molecule has 2 rings (SSSR count).